The Morgan fingerprint density at radius 3 is 2.58 bits per heavy atom. The average molecular weight is 340 g/mol. The van der Waals surface area contributed by atoms with Crippen LogP contribution in [0.3, 0.4) is 0 Å². The Labute approximate surface area is 147 Å². The van der Waals surface area contributed by atoms with Gasteiger partial charge in [0, 0.05) is 23.3 Å². The first-order valence-corrected chi connectivity index (χ1v) is 9.47. The summed E-state index contributed by atoms with van der Waals surface area (Å²) in [5, 5.41) is 2.20. The second kappa shape index (κ2) is 7.34. The number of aryl methyl sites for hydroxylation is 2. The summed E-state index contributed by atoms with van der Waals surface area (Å²) in [7, 11) is 0. The molecule has 3 rings (SSSR count). The van der Waals surface area contributed by atoms with Gasteiger partial charge in [-0.3, -0.25) is 0 Å². The summed E-state index contributed by atoms with van der Waals surface area (Å²) in [5.74, 6) is 1.62. The summed E-state index contributed by atoms with van der Waals surface area (Å²) in [6.07, 6.45) is 2.36. The van der Waals surface area contributed by atoms with Crippen molar-refractivity contribution >= 4 is 22.7 Å². The number of benzene rings is 1. The Kier molecular flexibility index (Phi) is 5.19. The molecule has 2 aromatic heterocycles. The molecule has 2 heterocycles. The molecule has 0 spiro atoms. The summed E-state index contributed by atoms with van der Waals surface area (Å²) in [6, 6.07) is 8.18. The number of hydrogen-bond donors (Lipinski definition) is 0. The highest BCUT2D eigenvalue weighted by molar-refractivity contribution is 7.98. The minimum absolute atomic E-state index is 0.744. The van der Waals surface area contributed by atoms with Gasteiger partial charge in [0.15, 0.2) is 5.16 Å². The van der Waals surface area contributed by atoms with Gasteiger partial charge in [-0.1, -0.05) is 43.3 Å². The fourth-order valence-corrected chi connectivity index (χ4v) is 3.77. The molecule has 0 atom stereocenters. The van der Waals surface area contributed by atoms with E-state index < -0.39 is 0 Å². The summed E-state index contributed by atoms with van der Waals surface area (Å²) < 4.78 is 2.33. The number of unbranched alkanes of at least 4 members (excludes halogenated alkanes) is 1. The van der Waals surface area contributed by atoms with Crippen LogP contribution < -0.4 is 0 Å². The van der Waals surface area contributed by atoms with Gasteiger partial charge >= 0.3 is 0 Å². The van der Waals surface area contributed by atoms with Crippen LogP contribution in [0.2, 0.25) is 0 Å². The van der Waals surface area contributed by atoms with Crippen molar-refractivity contribution in [3.05, 3.63) is 47.2 Å². The van der Waals surface area contributed by atoms with Gasteiger partial charge in [-0.2, -0.15) is 0 Å². The van der Waals surface area contributed by atoms with E-state index in [9.17, 15) is 0 Å². The Bertz CT molecular complexity index is 854. The highest BCUT2D eigenvalue weighted by Crippen LogP contribution is 2.25. The summed E-state index contributed by atoms with van der Waals surface area (Å²) >= 11 is 1.73. The van der Waals surface area contributed by atoms with Crippen molar-refractivity contribution in [2.24, 2.45) is 0 Å². The van der Waals surface area contributed by atoms with E-state index in [-0.39, 0.29) is 0 Å². The van der Waals surface area contributed by atoms with E-state index in [0.717, 1.165) is 45.6 Å². The number of fused-ring (bicyclic) bond motifs is 1. The van der Waals surface area contributed by atoms with E-state index in [1.807, 2.05) is 12.1 Å². The zero-order chi connectivity index (χ0) is 17.1. The topological polar surface area (TPSA) is 43.6 Å². The monoisotopic (exact) mass is 340 g/mol. The first-order valence-electron chi connectivity index (χ1n) is 8.49. The maximum absolute atomic E-state index is 4.73. The lowest BCUT2D eigenvalue weighted by Crippen LogP contribution is -2.03. The van der Waals surface area contributed by atoms with E-state index in [1.54, 1.807) is 11.8 Å². The highest BCUT2D eigenvalue weighted by atomic mass is 32.2. The third kappa shape index (κ3) is 3.46. The highest BCUT2D eigenvalue weighted by Gasteiger charge is 2.12. The first kappa shape index (κ1) is 17.0. The lowest BCUT2D eigenvalue weighted by Gasteiger charge is -2.09. The molecule has 0 fully saturated rings. The minimum Gasteiger partial charge on any atom is -0.323 e. The zero-order valence-corrected chi connectivity index (χ0v) is 15.7. The quantitative estimate of drug-likeness (QED) is 0.602. The smallest absolute Gasteiger partial charge is 0.168 e. The van der Waals surface area contributed by atoms with E-state index in [4.69, 9.17) is 9.97 Å². The van der Waals surface area contributed by atoms with E-state index in [1.165, 1.54) is 18.5 Å². The van der Waals surface area contributed by atoms with Crippen molar-refractivity contribution in [3.63, 3.8) is 0 Å². The van der Waals surface area contributed by atoms with Gasteiger partial charge in [-0.15, -0.1) is 0 Å². The lowest BCUT2D eigenvalue weighted by atomic mass is 10.2. The molecule has 4 nitrogen and oxygen atoms in total. The summed E-state index contributed by atoms with van der Waals surface area (Å²) in [6.45, 7) is 9.53. The molecule has 0 aliphatic carbocycles. The molecule has 0 bridgehead atoms. The van der Waals surface area contributed by atoms with E-state index >= 15 is 0 Å². The molecule has 0 amide bonds. The van der Waals surface area contributed by atoms with Crippen LogP contribution in [0.25, 0.3) is 10.9 Å². The van der Waals surface area contributed by atoms with E-state index in [0.29, 0.717) is 0 Å². The maximum atomic E-state index is 4.73. The first-order chi connectivity index (χ1) is 11.6. The molecule has 0 saturated heterocycles. The molecule has 24 heavy (non-hydrogen) atoms. The number of imidazole rings is 1. The molecule has 0 unspecified atom stereocenters. The molecule has 5 heteroatoms. The lowest BCUT2D eigenvalue weighted by molar-refractivity contribution is 0.575. The van der Waals surface area contributed by atoms with E-state index in [2.05, 4.69) is 49.4 Å². The van der Waals surface area contributed by atoms with Crippen molar-refractivity contribution in [2.45, 2.75) is 58.0 Å². The third-order valence-corrected chi connectivity index (χ3v) is 5.30. The van der Waals surface area contributed by atoms with Crippen molar-refractivity contribution < 1.29 is 0 Å². The predicted molar refractivity (Wildman–Crippen MR) is 100 cm³/mol. The fraction of sp³-hybridized carbons (Fsp3) is 0.421. The molecule has 0 N–H and O–H groups in total. The second-order valence-electron chi connectivity index (χ2n) is 6.10. The Hall–Kier alpha value is -1.88. The van der Waals surface area contributed by atoms with Gasteiger partial charge in [-0.05, 0) is 33.3 Å². The van der Waals surface area contributed by atoms with Crippen molar-refractivity contribution in [3.8, 4) is 0 Å². The molecule has 0 aliphatic rings. The number of aromatic nitrogens is 4. The third-order valence-electron chi connectivity index (χ3n) is 4.33. The number of para-hydroxylation sites is 1. The molecular formula is C19H24N4S. The molecule has 0 saturated carbocycles. The molecule has 0 aliphatic heterocycles. The molecule has 0 radical (unpaired) electrons. The summed E-state index contributed by atoms with van der Waals surface area (Å²) in [5.41, 5.74) is 4.44. The van der Waals surface area contributed by atoms with Crippen LogP contribution in [0.15, 0.2) is 29.4 Å². The standard InChI is InChI=1S/C19H24N4S/c1-5-6-11-23-15(4)13(2)21-19(23)24-12-18-20-14(3)16-9-7-8-10-17(16)22-18/h7-10H,5-6,11-12H2,1-4H3. The molecule has 1 aromatic carbocycles. The number of thioether (sulfide) groups is 1. The van der Waals surface area contributed by atoms with Gasteiger partial charge in [0.05, 0.1) is 17.0 Å². The van der Waals surface area contributed by atoms with Crippen LogP contribution in [0, 0.1) is 20.8 Å². The van der Waals surface area contributed by atoms with Crippen molar-refractivity contribution in [2.75, 3.05) is 0 Å². The minimum atomic E-state index is 0.744. The Morgan fingerprint density at radius 1 is 1.00 bits per heavy atom. The van der Waals surface area contributed by atoms with Gasteiger partial charge in [0.1, 0.15) is 5.82 Å². The molecule has 3 aromatic rings. The van der Waals surface area contributed by atoms with Gasteiger partial charge < -0.3 is 4.57 Å². The second-order valence-corrected chi connectivity index (χ2v) is 7.04. The van der Waals surface area contributed by atoms with Gasteiger partial charge in [0.2, 0.25) is 0 Å². The molecule has 126 valence electrons. The number of hydrogen-bond acceptors (Lipinski definition) is 4. The van der Waals surface area contributed by atoms with Crippen LogP contribution in [-0.4, -0.2) is 19.5 Å². The average Bonchev–Trinajstić information content (AvgIpc) is 2.85. The number of rotatable bonds is 6. The van der Waals surface area contributed by atoms with Crippen LogP contribution >= 0.6 is 11.8 Å². The van der Waals surface area contributed by atoms with Gasteiger partial charge in [0.25, 0.3) is 0 Å². The van der Waals surface area contributed by atoms with Crippen molar-refractivity contribution in [1.29, 1.82) is 0 Å². The van der Waals surface area contributed by atoms with Crippen LogP contribution in [0.5, 0.6) is 0 Å². The SMILES string of the molecule is CCCCn1c(SCc2nc(C)c3ccccc3n2)nc(C)c1C. The van der Waals surface area contributed by atoms with Crippen molar-refractivity contribution in [1.82, 2.24) is 19.5 Å². The Morgan fingerprint density at radius 2 is 1.79 bits per heavy atom. The normalized spacial score (nSPS) is 11.3. The van der Waals surface area contributed by atoms with Crippen LogP contribution in [0.4, 0.5) is 0 Å². The largest absolute Gasteiger partial charge is 0.323 e. The number of nitrogens with zero attached hydrogens (tertiary/aromatic N) is 4. The Balaban J connectivity index is 1.82. The van der Waals surface area contributed by atoms with Crippen LogP contribution in [0.1, 0.15) is 42.7 Å². The fourth-order valence-electron chi connectivity index (χ4n) is 2.80. The predicted octanol–water partition coefficient (Wildman–Crippen LogP) is 4.84. The molecular weight excluding hydrogens is 316 g/mol. The van der Waals surface area contributed by atoms with Crippen LogP contribution in [-0.2, 0) is 12.3 Å². The summed E-state index contributed by atoms with van der Waals surface area (Å²) in [4.78, 5) is 14.1. The maximum Gasteiger partial charge on any atom is 0.168 e. The zero-order valence-electron chi connectivity index (χ0n) is 14.8. The van der Waals surface area contributed by atoms with Gasteiger partial charge in [-0.25, -0.2) is 15.0 Å².